The van der Waals surface area contributed by atoms with Gasteiger partial charge in [0.05, 0.1) is 0 Å². The number of rotatable bonds is 4. The van der Waals surface area contributed by atoms with E-state index in [9.17, 15) is 4.39 Å². The smallest absolute Gasteiger partial charge is 0.315 e. The van der Waals surface area contributed by atoms with Crippen molar-refractivity contribution in [2.24, 2.45) is 0 Å². The van der Waals surface area contributed by atoms with Crippen LogP contribution in [0.1, 0.15) is 13.8 Å². The van der Waals surface area contributed by atoms with E-state index in [0.717, 1.165) is 10.6 Å². The summed E-state index contributed by atoms with van der Waals surface area (Å²) in [6.45, 7) is 3.83. The Morgan fingerprint density at radius 3 is 2.58 bits per heavy atom. The van der Waals surface area contributed by atoms with Crippen LogP contribution < -0.4 is 10.6 Å². The molecule has 0 unspecified atom stereocenters. The molecule has 0 atom stereocenters. The average Bonchev–Trinajstić information content (AvgIpc) is 2.26. The molecule has 1 heterocycles. The number of thiol groups is 1. The molecule has 100 valence electrons. The van der Waals surface area contributed by atoms with Crippen LogP contribution in [-0.4, -0.2) is 21.0 Å². The van der Waals surface area contributed by atoms with Crippen LogP contribution in [0, 0.1) is 6.08 Å². The van der Waals surface area contributed by atoms with Crippen molar-refractivity contribution in [3.8, 4) is 0 Å². The summed E-state index contributed by atoms with van der Waals surface area (Å²) in [6, 6.07) is 7.39. The van der Waals surface area contributed by atoms with E-state index in [2.05, 4.69) is 38.2 Å². The minimum atomic E-state index is -0.831. The van der Waals surface area contributed by atoms with Gasteiger partial charge in [0.15, 0.2) is 0 Å². The summed E-state index contributed by atoms with van der Waals surface area (Å²) in [5.41, 5.74) is 0.730. The Kier molecular flexibility index (Phi) is 4.16. The molecule has 0 bridgehead atoms. The van der Waals surface area contributed by atoms with Gasteiger partial charge >= 0.3 is 6.08 Å². The summed E-state index contributed by atoms with van der Waals surface area (Å²) in [6.07, 6.45) is -0.831. The molecule has 0 saturated heterocycles. The summed E-state index contributed by atoms with van der Waals surface area (Å²) >= 11 is 4.23. The van der Waals surface area contributed by atoms with Crippen molar-refractivity contribution >= 4 is 30.2 Å². The maximum atomic E-state index is 13.3. The average molecular weight is 279 g/mol. The molecule has 2 N–H and O–H groups in total. The molecule has 2 rings (SSSR count). The van der Waals surface area contributed by atoms with Crippen LogP contribution in [0.2, 0.25) is 0 Å². The predicted octanol–water partition coefficient (Wildman–Crippen LogP) is 2.86. The Balaban J connectivity index is 2.22. The van der Waals surface area contributed by atoms with E-state index in [0.29, 0.717) is 0 Å². The Labute approximate surface area is 116 Å². The minimum Gasteiger partial charge on any atom is -0.352 e. The molecule has 0 aliphatic carbocycles. The zero-order chi connectivity index (χ0) is 13.8. The molecular weight excluding hydrogens is 265 g/mol. The minimum absolute atomic E-state index is 0.107. The number of anilines is 3. The van der Waals surface area contributed by atoms with Gasteiger partial charge in [-0.1, -0.05) is 6.07 Å². The maximum Gasteiger partial charge on any atom is 0.315 e. The fourth-order valence-electron chi connectivity index (χ4n) is 1.44. The van der Waals surface area contributed by atoms with Crippen LogP contribution in [-0.2, 0) is 0 Å². The first-order chi connectivity index (χ1) is 9.02. The lowest BCUT2D eigenvalue weighted by molar-refractivity contribution is 0.536. The topological polar surface area (TPSA) is 62.7 Å². The van der Waals surface area contributed by atoms with Crippen molar-refractivity contribution in [1.29, 1.82) is 0 Å². The van der Waals surface area contributed by atoms with Crippen LogP contribution in [0.25, 0.3) is 0 Å². The Morgan fingerprint density at radius 2 is 1.89 bits per heavy atom. The lowest BCUT2D eigenvalue weighted by atomic mass is 10.3. The largest absolute Gasteiger partial charge is 0.352 e. The van der Waals surface area contributed by atoms with Gasteiger partial charge in [0.25, 0.3) is 0 Å². The van der Waals surface area contributed by atoms with Gasteiger partial charge in [0.1, 0.15) is 0 Å². The molecule has 0 spiro atoms. The maximum absolute atomic E-state index is 13.3. The quantitative estimate of drug-likeness (QED) is 0.751. The first-order valence-electron chi connectivity index (χ1n) is 5.77. The molecule has 0 aliphatic rings. The standard InChI is InChI=1S/C12H14FN5S/c1-7(2)14-11-16-10(13)17-12(18-11)15-8-4-3-5-9(19)6-8/h3-7,19H,1-2H3,(H2,14,15,16,17,18). The number of hydrogen-bond acceptors (Lipinski definition) is 6. The zero-order valence-corrected chi connectivity index (χ0v) is 11.4. The summed E-state index contributed by atoms with van der Waals surface area (Å²) in [5, 5.41) is 5.83. The molecule has 0 amide bonds. The molecule has 5 nitrogen and oxygen atoms in total. The number of nitrogens with zero attached hydrogens (tertiary/aromatic N) is 3. The summed E-state index contributed by atoms with van der Waals surface area (Å²) < 4.78 is 13.3. The fourth-order valence-corrected chi connectivity index (χ4v) is 1.67. The van der Waals surface area contributed by atoms with Gasteiger partial charge in [-0.15, -0.1) is 12.6 Å². The van der Waals surface area contributed by atoms with Gasteiger partial charge < -0.3 is 10.6 Å². The Hall–Kier alpha value is -1.89. The van der Waals surface area contributed by atoms with Crippen molar-refractivity contribution in [3.05, 3.63) is 30.3 Å². The second-order valence-electron chi connectivity index (χ2n) is 4.23. The van der Waals surface area contributed by atoms with E-state index in [4.69, 9.17) is 0 Å². The molecule has 0 aliphatic heterocycles. The third-order valence-corrected chi connectivity index (χ3v) is 2.41. The van der Waals surface area contributed by atoms with Gasteiger partial charge in [-0.25, -0.2) is 0 Å². The number of halogens is 1. The molecule has 1 aromatic carbocycles. The molecule has 0 saturated carbocycles. The second kappa shape index (κ2) is 5.83. The number of aromatic nitrogens is 3. The Morgan fingerprint density at radius 1 is 1.16 bits per heavy atom. The monoisotopic (exact) mass is 279 g/mol. The summed E-state index contributed by atoms with van der Waals surface area (Å²) in [4.78, 5) is 12.1. The highest BCUT2D eigenvalue weighted by molar-refractivity contribution is 7.80. The molecule has 0 fully saturated rings. The molecule has 1 aromatic heterocycles. The van der Waals surface area contributed by atoms with E-state index in [1.807, 2.05) is 32.0 Å². The zero-order valence-electron chi connectivity index (χ0n) is 10.6. The highest BCUT2D eigenvalue weighted by Gasteiger charge is 2.07. The van der Waals surface area contributed by atoms with Crippen LogP contribution in [0.5, 0.6) is 0 Å². The van der Waals surface area contributed by atoms with Crippen molar-refractivity contribution < 1.29 is 4.39 Å². The third-order valence-electron chi connectivity index (χ3n) is 2.13. The van der Waals surface area contributed by atoms with Crippen molar-refractivity contribution in [2.45, 2.75) is 24.8 Å². The number of benzene rings is 1. The van der Waals surface area contributed by atoms with E-state index < -0.39 is 6.08 Å². The number of nitrogens with one attached hydrogen (secondary N) is 2. The molecule has 2 aromatic rings. The highest BCUT2D eigenvalue weighted by Crippen LogP contribution is 2.17. The lowest BCUT2D eigenvalue weighted by Gasteiger charge is -2.10. The second-order valence-corrected chi connectivity index (χ2v) is 4.74. The normalized spacial score (nSPS) is 10.6. The molecule has 7 heteroatoms. The van der Waals surface area contributed by atoms with Gasteiger partial charge in [0.2, 0.25) is 11.9 Å². The number of hydrogen-bond donors (Lipinski definition) is 3. The Bertz CT molecular complexity index is 576. The van der Waals surface area contributed by atoms with E-state index in [-0.39, 0.29) is 17.9 Å². The molecule has 19 heavy (non-hydrogen) atoms. The van der Waals surface area contributed by atoms with Crippen molar-refractivity contribution in [3.63, 3.8) is 0 Å². The van der Waals surface area contributed by atoms with Gasteiger partial charge in [-0.3, -0.25) is 0 Å². The first kappa shape index (κ1) is 13.5. The van der Waals surface area contributed by atoms with Crippen molar-refractivity contribution in [2.75, 3.05) is 10.6 Å². The molecular formula is C12H14FN5S. The van der Waals surface area contributed by atoms with E-state index in [1.54, 1.807) is 6.07 Å². The summed E-state index contributed by atoms with van der Waals surface area (Å²) in [5.74, 6) is 0.349. The van der Waals surface area contributed by atoms with Crippen LogP contribution >= 0.6 is 12.6 Å². The van der Waals surface area contributed by atoms with E-state index in [1.165, 1.54) is 0 Å². The highest BCUT2D eigenvalue weighted by atomic mass is 32.1. The van der Waals surface area contributed by atoms with Gasteiger partial charge in [-0.2, -0.15) is 19.3 Å². The van der Waals surface area contributed by atoms with Crippen LogP contribution in [0.15, 0.2) is 29.2 Å². The van der Waals surface area contributed by atoms with Crippen molar-refractivity contribution in [1.82, 2.24) is 15.0 Å². The van der Waals surface area contributed by atoms with Gasteiger partial charge in [0, 0.05) is 16.6 Å². The predicted molar refractivity (Wildman–Crippen MR) is 75.5 cm³/mol. The van der Waals surface area contributed by atoms with Crippen LogP contribution in [0.4, 0.5) is 22.0 Å². The van der Waals surface area contributed by atoms with Crippen LogP contribution in [0.3, 0.4) is 0 Å². The molecule has 0 radical (unpaired) electrons. The third kappa shape index (κ3) is 4.06. The lowest BCUT2D eigenvalue weighted by Crippen LogP contribution is -2.14. The SMILES string of the molecule is CC(C)Nc1nc(F)nc(Nc2cccc(S)c2)n1. The first-order valence-corrected chi connectivity index (χ1v) is 6.22. The van der Waals surface area contributed by atoms with E-state index >= 15 is 0 Å². The van der Waals surface area contributed by atoms with Gasteiger partial charge in [-0.05, 0) is 32.0 Å². The fraction of sp³-hybridized carbons (Fsp3) is 0.250. The summed E-state index contributed by atoms with van der Waals surface area (Å²) in [7, 11) is 0.